The minimum Gasteiger partial charge on any atom is -0.122 e. The van der Waals surface area contributed by atoms with Gasteiger partial charge in [-0.25, -0.2) is 0 Å². The molecule has 0 radical (unpaired) electrons. The SMILES string of the molecule is C#Cc1[pH]cc2c1c1c[pH]c(C#C)c1c1c[pH]c(C#C)c21. The number of rotatable bonds is 0. The van der Waals surface area contributed by atoms with E-state index < -0.39 is 0 Å². The van der Waals surface area contributed by atoms with Crippen LogP contribution < -0.4 is 0 Å². The summed E-state index contributed by atoms with van der Waals surface area (Å²) in [6, 6.07) is 0. The van der Waals surface area contributed by atoms with E-state index in [0.29, 0.717) is 24.6 Å². The smallest absolute Gasteiger partial charge is 0.0489 e. The largest absolute Gasteiger partial charge is 0.122 e. The molecule has 0 aliphatic rings. The molecule has 3 aromatic heterocycles. The molecule has 0 saturated heterocycles. The third-order valence-corrected chi connectivity index (χ3v) is 7.23. The number of benzene rings is 1. The normalized spacial score (nSPS) is 11.9. The zero-order valence-electron chi connectivity index (χ0n) is 11.0. The standard InChI is InChI=1S/C18H9P3/c1-4-13-16-10(7-19-13)17-12(9-21-14(17)5-2)18-11(16)8-20-15(18)6-3/h1-3,7-9,19-21H. The van der Waals surface area contributed by atoms with Crippen LogP contribution in [0, 0.1) is 37.0 Å². The van der Waals surface area contributed by atoms with Gasteiger partial charge in [-0.05, 0) is 33.6 Å². The first-order valence-electron chi connectivity index (χ1n) is 6.35. The number of hydrogen-bond acceptors (Lipinski definition) is 0. The van der Waals surface area contributed by atoms with Crippen LogP contribution >= 0.6 is 24.6 Å². The molecule has 3 heteroatoms. The molecule has 96 valence electrons. The molecule has 0 spiro atoms. The molecule has 3 heterocycles. The maximum Gasteiger partial charge on any atom is 0.0489 e. The Morgan fingerprint density at radius 1 is 0.571 bits per heavy atom. The van der Waals surface area contributed by atoms with E-state index in [1.54, 1.807) is 0 Å². The second-order valence-corrected chi connectivity index (χ2v) is 8.02. The Morgan fingerprint density at radius 2 is 0.857 bits per heavy atom. The topological polar surface area (TPSA) is 0 Å². The number of hydrogen-bond donors (Lipinski definition) is 0. The van der Waals surface area contributed by atoms with Gasteiger partial charge in [-0.2, -0.15) is 0 Å². The van der Waals surface area contributed by atoms with E-state index in [1.807, 2.05) is 0 Å². The van der Waals surface area contributed by atoms with Gasteiger partial charge in [0, 0.05) is 32.0 Å². The van der Waals surface area contributed by atoms with E-state index >= 15 is 0 Å². The van der Waals surface area contributed by atoms with E-state index in [0.717, 1.165) is 15.9 Å². The van der Waals surface area contributed by atoms with E-state index in [9.17, 15) is 0 Å². The predicted molar refractivity (Wildman–Crippen MR) is 101 cm³/mol. The van der Waals surface area contributed by atoms with Gasteiger partial charge in [0.15, 0.2) is 0 Å². The van der Waals surface area contributed by atoms with Crippen LogP contribution in [0.25, 0.3) is 32.3 Å². The van der Waals surface area contributed by atoms with Crippen molar-refractivity contribution in [1.29, 1.82) is 0 Å². The molecule has 4 rings (SSSR count). The first-order valence-corrected chi connectivity index (χ1v) is 9.58. The maximum atomic E-state index is 5.71. The summed E-state index contributed by atoms with van der Waals surface area (Å²) in [5.41, 5.74) is 0. The molecule has 0 bridgehead atoms. The predicted octanol–water partition coefficient (Wildman–Crippen LogP) is 5.18. The molecule has 0 N–H and O–H groups in total. The minimum absolute atomic E-state index is 0.553. The van der Waals surface area contributed by atoms with Crippen molar-refractivity contribution in [2.45, 2.75) is 0 Å². The first kappa shape index (κ1) is 12.7. The Balaban J connectivity index is 2.47. The summed E-state index contributed by atoms with van der Waals surface area (Å²) in [5, 5.41) is 10.6. The van der Waals surface area contributed by atoms with Crippen molar-refractivity contribution >= 4 is 56.9 Å². The third kappa shape index (κ3) is 1.53. The minimum atomic E-state index is 0.553. The van der Waals surface area contributed by atoms with E-state index in [1.165, 1.54) is 32.3 Å². The molecule has 3 unspecified atom stereocenters. The highest BCUT2D eigenvalue weighted by Gasteiger charge is 2.17. The molecular weight excluding hydrogens is 309 g/mol. The second-order valence-electron chi connectivity index (χ2n) is 4.79. The molecule has 0 nitrogen and oxygen atoms in total. The molecule has 0 fully saturated rings. The molecule has 4 aromatic rings. The van der Waals surface area contributed by atoms with E-state index in [2.05, 4.69) is 35.2 Å². The Labute approximate surface area is 127 Å². The van der Waals surface area contributed by atoms with Crippen molar-refractivity contribution in [3.8, 4) is 37.0 Å². The van der Waals surface area contributed by atoms with Crippen LogP contribution in [0.2, 0.25) is 0 Å². The monoisotopic (exact) mass is 318 g/mol. The molecular formula is C18H9P3. The van der Waals surface area contributed by atoms with Gasteiger partial charge >= 0.3 is 0 Å². The highest BCUT2D eigenvalue weighted by molar-refractivity contribution is 7.34. The van der Waals surface area contributed by atoms with Gasteiger partial charge in [0.05, 0.1) is 0 Å². The lowest BCUT2D eigenvalue weighted by molar-refractivity contribution is 2.05. The number of terminal acetylenes is 3. The summed E-state index contributed by atoms with van der Waals surface area (Å²) < 4.78 is 0. The fourth-order valence-electron chi connectivity index (χ4n) is 3.04. The highest BCUT2D eigenvalue weighted by Crippen LogP contribution is 2.48. The zero-order valence-corrected chi connectivity index (χ0v) is 14.0. The summed E-state index contributed by atoms with van der Waals surface area (Å²) in [4.78, 5) is 0. The lowest BCUT2D eigenvalue weighted by Gasteiger charge is -2.02. The molecule has 21 heavy (non-hydrogen) atoms. The van der Waals surface area contributed by atoms with Crippen LogP contribution in [0.5, 0.6) is 0 Å². The van der Waals surface area contributed by atoms with Crippen molar-refractivity contribution in [1.82, 2.24) is 0 Å². The lowest BCUT2D eigenvalue weighted by atomic mass is 9.99. The van der Waals surface area contributed by atoms with Crippen molar-refractivity contribution in [3.05, 3.63) is 33.3 Å². The van der Waals surface area contributed by atoms with Crippen LogP contribution in [0.4, 0.5) is 0 Å². The van der Waals surface area contributed by atoms with Crippen LogP contribution in [0.15, 0.2) is 17.4 Å². The summed E-state index contributed by atoms with van der Waals surface area (Å²) in [6.45, 7) is 0. The highest BCUT2D eigenvalue weighted by atomic mass is 31.0. The van der Waals surface area contributed by atoms with Gasteiger partial charge in [0.2, 0.25) is 0 Å². The van der Waals surface area contributed by atoms with Crippen molar-refractivity contribution in [2.75, 3.05) is 0 Å². The van der Waals surface area contributed by atoms with Gasteiger partial charge in [-0.3, -0.25) is 0 Å². The molecule has 0 aliphatic carbocycles. The van der Waals surface area contributed by atoms with Crippen molar-refractivity contribution in [3.63, 3.8) is 0 Å². The Morgan fingerprint density at radius 3 is 1.10 bits per heavy atom. The quantitative estimate of drug-likeness (QED) is 0.392. The van der Waals surface area contributed by atoms with Crippen LogP contribution in [-0.2, 0) is 0 Å². The van der Waals surface area contributed by atoms with E-state index in [4.69, 9.17) is 19.3 Å². The Bertz CT molecular complexity index is 978. The van der Waals surface area contributed by atoms with Crippen LogP contribution in [-0.4, -0.2) is 0 Å². The summed E-state index contributed by atoms with van der Waals surface area (Å²) >= 11 is 0. The summed E-state index contributed by atoms with van der Waals surface area (Å²) in [5.74, 6) is 15.3. The molecule has 0 amide bonds. The first-order chi connectivity index (χ1) is 10.3. The zero-order chi connectivity index (χ0) is 14.6. The van der Waals surface area contributed by atoms with Crippen LogP contribution in [0.3, 0.4) is 0 Å². The van der Waals surface area contributed by atoms with Crippen molar-refractivity contribution < 1.29 is 0 Å². The van der Waals surface area contributed by atoms with Gasteiger partial charge < -0.3 is 0 Å². The average Bonchev–Trinajstić information content (AvgIpc) is 3.20. The van der Waals surface area contributed by atoms with Gasteiger partial charge in [-0.1, -0.05) is 17.8 Å². The molecule has 0 saturated carbocycles. The second kappa shape index (κ2) is 4.51. The average molecular weight is 318 g/mol. The van der Waals surface area contributed by atoms with E-state index in [-0.39, 0.29) is 0 Å². The van der Waals surface area contributed by atoms with Crippen molar-refractivity contribution in [2.24, 2.45) is 0 Å². The fraction of sp³-hybridized carbons (Fsp3) is 0. The fourth-order valence-corrected chi connectivity index (χ4v) is 6.27. The lowest BCUT2D eigenvalue weighted by Crippen LogP contribution is -1.78. The maximum absolute atomic E-state index is 5.71. The van der Waals surface area contributed by atoms with Gasteiger partial charge in [0.25, 0.3) is 0 Å². The third-order valence-electron chi connectivity index (χ3n) is 3.88. The van der Waals surface area contributed by atoms with Gasteiger partial charge in [0.1, 0.15) is 0 Å². The summed E-state index contributed by atoms with van der Waals surface area (Å²) in [6.07, 6.45) is 17.1. The molecule has 3 atom stereocenters. The molecule has 0 aliphatic heterocycles. The summed E-state index contributed by atoms with van der Waals surface area (Å²) in [7, 11) is 1.66. The Hall–Kier alpha value is -1.98. The molecule has 1 aromatic carbocycles. The Kier molecular flexibility index (Phi) is 2.74. The van der Waals surface area contributed by atoms with Crippen LogP contribution in [0.1, 0.15) is 15.9 Å². The number of fused-ring (bicyclic) bond motifs is 6. The van der Waals surface area contributed by atoms with Gasteiger partial charge in [-0.15, -0.1) is 43.8 Å².